The molecule has 1 atom stereocenters. The first kappa shape index (κ1) is 14.7. The Kier molecular flexibility index (Phi) is 3.87. The fourth-order valence-corrected chi connectivity index (χ4v) is 3.40. The number of pyridine rings is 1. The van der Waals surface area contributed by atoms with Crippen molar-refractivity contribution >= 4 is 22.5 Å². The number of rotatable bonds is 2. The first-order valence-corrected chi connectivity index (χ1v) is 8.27. The third-order valence-corrected chi connectivity index (χ3v) is 4.61. The van der Waals surface area contributed by atoms with Gasteiger partial charge in [-0.3, -0.25) is 4.98 Å². The summed E-state index contributed by atoms with van der Waals surface area (Å²) in [5.41, 5.74) is 1.98. The molecule has 4 rings (SSSR count). The number of aromatic nitrogens is 1. The van der Waals surface area contributed by atoms with Crippen molar-refractivity contribution in [2.45, 2.75) is 18.9 Å². The molecule has 0 aliphatic carbocycles. The monoisotopic (exact) mass is 317 g/mol. The minimum Gasteiger partial charge on any atom is -0.317 e. The Bertz CT molecular complexity index is 863. The number of likely N-dealkylation sites (tertiary alicyclic amines) is 1. The van der Waals surface area contributed by atoms with Crippen molar-refractivity contribution in [3.05, 3.63) is 72.6 Å². The van der Waals surface area contributed by atoms with E-state index in [1.807, 2.05) is 47.4 Å². The van der Waals surface area contributed by atoms with Crippen molar-refractivity contribution in [1.82, 2.24) is 9.88 Å². The van der Waals surface area contributed by atoms with Gasteiger partial charge in [0.15, 0.2) is 0 Å². The molecule has 1 N–H and O–H groups in total. The highest BCUT2D eigenvalue weighted by atomic mass is 16.2. The topological polar surface area (TPSA) is 45.2 Å². The first-order chi connectivity index (χ1) is 11.8. The summed E-state index contributed by atoms with van der Waals surface area (Å²) < 4.78 is 0. The fraction of sp³-hybridized carbons (Fsp3) is 0.200. The number of hydrogen-bond donors (Lipinski definition) is 1. The standard InChI is InChI=1S/C20H19N3O/c24-20(22-18-8-7-15-4-1-2-5-17(15)14-18)23-13-3-6-19(23)16-9-11-21-12-10-16/h1-2,4-5,7-12,14,19H,3,6,13H2,(H,22,24). The predicted octanol–water partition coefficient (Wildman–Crippen LogP) is 4.60. The van der Waals surface area contributed by atoms with Gasteiger partial charge in [0.1, 0.15) is 0 Å². The van der Waals surface area contributed by atoms with E-state index in [4.69, 9.17) is 0 Å². The van der Waals surface area contributed by atoms with Crippen molar-refractivity contribution in [2.75, 3.05) is 11.9 Å². The summed E-state index contributed by atoms with van der Waals surface area (Å²) in [5, 5.41) is 5.35. The van der Waals surface area contributed by atoms with Crippen LogP contribution in [0.5, 0.6) is 0 Å². The molecule has 1 fully saturated rings. The fourth-order valence-electron chi connectivity index (χ4n) is 3.40. The van der Waals surface area contributed by atoms with Gasteiger partial charge in [-0.15, -0.1) is 0 Å². The molecule has 0 spiro atoms. The lowest BCUT2D eigenvalue weighted by Gasteiger charge is -2.25. The Morgan fingerprint density at radius 2 is 1.83 bits per heavy atom. The van der Waals surface area contributed by atoms with E-state index in [2.05, 4.69) is 22.4 Å². The van der Waals surface area contributed by atoms with Crippen LogP contribution in [0.1, 0.15) is 24.4 Å². The minimum atomic E-state index is -0.0374. The van der Waals surface area contributed by atoms with Crippen LogP contribution in [0.3, 0.4) is 0 Å². The summed E-state index contributed by atoms with van der Waals surface area (Å²) in [6, 6.07) is 18.2. The lowest BCUT2D eigenvalue weighted by atomic mass is 10.1. The predicted molar refractivity (Wildman–Crippen MR) is 95.9 cm³/mol. The number of carbonyl (C=O) groups excluding carboxylic acids is 1. The highest BCUT2D eigenvalue weighted by Crippen LogP contribution is 2.32. The molecule has 0 bridgehead atoms. The maximum atomic E-state index is 12.7. The number of nitrogens with zero attached hydrogens (tertiary/aromatic N) is 2. The van der Waals surface area contributed by atoms with E-state index in [-0.39, 0.29) is 12.1 Å². The smallest absolute Gasteiger partial charge is 0.317 e. The van der Waals surface area contributed by atoms with Gasteiger partial charge in [-0.25, -0.2) is 4.79 Å². The summed E-state index contributed by atoms with van der Waals surface area (Å²) in [5.74, 6) is 0. The van der Waals surface area contributed by atoms with Gasteiger partial charge in [0.2, 0.25) is 0 Å². The van der Waals surface area contributed by atoms with Crippen LogP contribution in [0.4, 0.5) is 10.5 Å². The second kappa shape index (κ2) is 6.32. The van der Waals surface area contributed by atoms with Crippen molar-refractivity contribution in [1.29, 1.82) is 0 Å². The van der Waals surface area contributed by atoms with E-state index in [1.54, 1.807) is 12.4 Å². The second-order valence-electron chi connectivity index (χ2n) is 6.12. The Balaban J connectivity index is 1.54. The molecule has 120 valence electrons. The Hall–Kier alpha value is -2.88. The molecule has 2 heterocycles. The van der Waals surface area contributed by atoms with E-state index < -0.39 is 0 Å². The number of benzene rings is 2. The molecule has 1 aliphatic rings. The van der Waals surface area contributed by atoms with Crippen molar-refractivity contribution in [3.63, 3.8) is 0 Å². The zero-order chi connectivity index (χ0) is 16.4. The minimum absolute atomic E-state index is 0.0374. The third-order valence-electron chi connectivity index (χ3n) is 4.61. The largest absolute Gasteiger partial charge is 0.322 e. The first-order valence-electron chi connectivity index (χ1n) is 8.27. The summed E-state index contributed by atoms with van der Waals surface area (Å²) in [7, 11) is 0. The van der Waals surface area contributed by atoms with Gasteiger partial charge in [-0.05, 0) is 53.4 Å². The van der Waals surface area contributed by atoms with Crippen molar-refractivity contribution in [2.24, 2.45) is 0 Å². The molecular weight excluding hydrogens is 298 g/mol. The number of fused-ring (bicyclic) bond motifs is 1. The number of anilines is 1. The third kappa shape index (κ3) is 2.83. The Morgan fingerprint density at radius 1 is 1.04 bits per heavy atom. The summed E-state index contributed by atoms with van der Waals surface area (Å²) in [4.78, 5) is 18.7. The maximum Gasteiger partial charge on any atom is 0.322 e. The van der Waals surface area contributed by atoms with Crippen LogP contribution in [0, 0.1) is 0 Å². The lowest BCUT2D eigenvalue weighted by Crippen LogP contribution is -2.34. The number of hydrogen-bond acceptors (Lipinski definition) is 2. The molecule has 2 aromatic carbocycles. The van der Waals surface area contributed by atoms with E-state index in [0.29, 0.717) is 0 Å². The zero-order valence-electron chi connectivity index (χ0n) is 13.4. The number of urea groups is 1. The maximum absolute atomic E-state index is 12.7. The van der Waals surface area contributed by atoms with E-state index >= 15 is 0 Å². The number of amides is 2. The van der Waals surface area contributed by atoms with E-state index in [0.717, 1.165) is 36.0 Å². The average Bonchev–Trinajstić information content (AvgIpc) is 3.12. The van der Waals surface area contributed by atoms with Gasteiger partial charge in [0, 0.05) is 24.6 Å². The van der Waals surface area contributed by atoms with Crippen LogP contribution in [0.15, 0.2) is 67.0 Å². The molecular formula is C20H19N3O. The lowest BCUT2D eigenvalue weighted by molar-refractivity contribution is 0.207. The van der Waals surface area contributed by atoms with Gasteiger partial charge in [-0.2, -0.15) is 0 Å². The summed E-state index contributed by atoms with van der Waals surface area (Å²) >= 11 is 0. The molecule has 1 aromatic heterocycles. The van der Waals surface area contributed by atoms with Gasteiger partial charge in [0.25, 0.3) is 0 Å². The Morgan fingerprint density at radius 3 is 2.67 bits per heavy atom. The van der Waals surface area contributed by atoms with Crippen LogP contribution in [-0.2, 0) is 0 Å². The second-order valence-corrected chi connectivity index (χ2v) is 6.12. The van der Waals surface area contributed by atoms with Crippen LogP contribution in [0.25, 0.3) is 10.8 Å². The molecule has 24 heavy (non-hydrogen) atoms. The van der Waals surface area contributed by atoms with Crippen LogP contribution >= 0.6 is 0 Å². The van der Waals surface area contributed by atoms with Gasteiger partial charge in [0.05, 0.1) is 6.04 Å². The molecule has 1 aliphatic heterocycles. The van der Waals surface area contributed by atoms with Crippen LogP contribution in [-0.4, -0.2) is 22.5 Å². The highest BCUT2D eigenvalue weighted by Gasteiger charge is 2.29. The Labute approximate surface area is 141 Å². The highest BCUT2D eigenvalue weighted by molar-refractivity contribution is 5.93. The van der Waals surface area contributed by atoms with Gasteiger partial charge in [-0.1, -0.05) is 30.3 Å². The molecule has 2 amide bonds. The van der Waals surface area contributed by atoms with Crippen LogP contribution in [0.2, 0.25) is 0 Å². The number of nitrogens with one attached hydrogen (secondary N) is 1. The summed E-state index contributed by atoms with van der Waals surface area (Å²) in [6.07, 6.45) is 5.59. The normalized spacial score (nSPS) is 17.2. The molecule has 4 heteroatoms. The summed E-state index contributed by atoms with van der Waals surface area (Å²) in [6.45, 7) is 0.784. The average molecular weight is 317 g/mol. The molecule has 0 saturated carbocycles. The van der Waals surface area contributed by atoms with Gasteiger partial charge >= 0.3 is 6.03 Å². The van der Waals surface area contributed by atoms with E-state index in [1.165, 1.54) is 5.39 Å². The SMILES string of the molecule is O=C(Nc1ccc2ccccc2c1)N1CCCC1c1ccncc1. The number of carbonyl (C=O) groups is 1. The molecule has 1 saturated heterocycles. The molecule has 1 unspecified atom stereocenters. The quantitative estimate of drug-likeness (QED) is 0.750. The molecule has 3 aromatic rings. The van der Waals surface area contributed by atoms with Gasteiger partial charge < -0.3 is 10.2 Å². The zero-order valence-corrected chi connectivity index (χ0v) is 13.4. The van der Waals surface area contributed by atoms with E-state index in [9.17, 15) is 4.79 Å². The van der Waals surface area contributed by atoms with Crippen molar-refractivity contribution in [3.8, 4) is 0 Å². The molecule has 4 nitrogen and oxygen atoms in total. The van der Waals surface area contributed by atoms with Crippen molar-refractivity contribution < 1.29 is 4.79 Å². The van der Waals surface area contributed by atoms with Crippen LogP contribution < -0.4 is 5.32 Å². The molecule has 0 radical (unpaired) electrons.